The fourth-order valence-corrected chi connectivity index (χ4v) is 4.84. The molecule has 0 spiro atoms. The SMILES string of the molecule is COCCn1c(Cc2ccc(-c3cccc(NCc4ccc(C#N)cc4OC)n3)cc2F)nc2ccc(C(=O)OC)cc21. The summed E-state index contributed by atoms with van der Waals surface area (Å²) in [6.07, 6.45) is 0.250. The van der Waals surface area contributed by atoms with Crippen molar-refractivity contribution >= 4 is 22.8 Å². The zero-order valence-electron chi connectivity index (χ0n) is 24.1. The van der Waals surface area contributed by atoms with Gasteiger partial charge in [0.2, 0.25) is 0 Å². The molecule has 0 atom stereocenters. The van der Waals surface area contributed by atoms with E-state index in [2.05, 4.69) is 16.4 Å². The van der Waals surface area contributed by atoms with Gasteiger partial charge >= 0.3 is 5.97 Å². The van der Waals surface area contributed by atoms with Gasteiger partial charge in [-0.05, 0) is 54.1 Å². The van der Waals surface area contributed by atoms with Gasteiger partial charge in [-0.15, -0.1) is 0 Å². The number of benzene rings is 3. The molecule has 0 amide bonds. The maximum atomic E-state index is 15.5. The second kappa shape index (κ2) is 13.1. The molecule has 5 aromatic rings. The highest BCUT2D eigenvalue weighted by atomic mass is 19.1. The van der Waals surface area contributed by atoms with Gasteiger partial charge in [-0.2, -0.15) is 5.26 Å². The first-order chi connectivity index (χ1) is 20.9. The van der Waals surface area contributed by atoms with Crippen molar-refractivity contribution in [2.75, 3.05) is 33.3 Å². The standard InChI is InChI=1S/C33H30FN5O4/c1-41-14-13-39-29-17-24(33(40)43-3)11-12-28(29)38-32(39)18-22-9-10-23(16-26(22)34)27-5-4-6-31(37-27)36-20-25-8-7-21(19-35)15-30(25)42-2/h4-12,15-17H,13-14,18,20H2,1-3H3,(H,36,37). The third kappa shape index (κ3) is 6.47. The Hall–Kier alpha value is -5.27. The predicted octanol–water partition coefficient (Wildman–Crippen LogP) is 5.75. The smallest absolute Gasteiger partial charge is 0.337 e. The first-order valence-corrected chi connectivity index (χ1v) is 13.6. The van der Waals surface area contributed by atoms with Gasteiger partial charge in [-0.3, -0.25) is 0 Å². The highest BCUT2D eigenvalue weighted by molar-refractivity contribution is 5.93. The lowest BCUT2D eigenvalue weighted by molar-refractivity contribution is 0.0601. The third-order valence-electron chi connectivity index (χ3n) is 7.09. The van der Waals surface area contributed by atoms with Crippen molar-refractivity contribution in [1.29, 1.82) is 5.26 Å². The number of esters is 1. The van der Waals surface area contributed by atoms with Gasteiger partial charge in [-0.25, -0.2) is 19.2 Å². The third-order valence-corrected chi connectivity index (χ3v) is 7.09. The quantitative estimate of drug-likeness (QED) is 0.197. The maximum Gasteiger partial charge on any atom is 0.337 e. The number of pyridine rings is 1. The van der Waals surface area contributed by atoms with Crippen molar-refractivity contribution in [2.24, 2.45) is 0 Å². The Morgan fingerprint density at radius 3 is 2.58 bits per heavy atom. The van der Waals surface area contributed by atoms with Crippen LogP contribution in [0.5, 0.6) is 5.75 Å². The summed E-state index contributed by atoms with van der Waals surface area (Å²) in [5.41, 5.74) is 4.99. The fraction of sp³-hybridized carbons (Fsp3) is 0.212. The number of carbonyl (C=O) groups is 1. The molecule has 0 bridgehead atoms. The van der Waals surface area contributed by atoms with E-state index in [9.17, 15) is 4.79 Å². The van der Waals surface area contributed by atoms with Gasteiger partial charge in [0.25, 0.3) is 0 Å². The predicted molar refractivity (Wildman–Crippen MR) is 160 cm³/mol. The Labute approximate surface area is 248 Å². The summed E-state index contributed by atoms with van der Waals surface area (Å²) in [7, 11) is 4.51. The van der Waals surface area contributed by atoms with Crippen LogP contribution in [0.15, 0.2) is 72.8 Å². The summed E-state index contributed by atoms with van der Waals surface area (Å²) in [6, 6.07) is 23.1. The number of hydrogen-bond acceptors (Lipinski definition) is 8. The van der Waals surface area contributed by atoms with Gasteiger partial charge in [0, 0.05) is 37.7 Å². The average Bonchev–Trinajstić information content (AvgIpc) is 3.39. The lowest BCUT2D eigenvalue weighted by atomic mass is 10.1. The van der Waals surface area contributed by atoms with Crippen molar-refractivity contribution in [1.82, 2.24) is 14.5 Å². The number of halogens is 1. The lowest BCUT2D eigenvalue weighted by Gasteiger charge is -2.12. The number of fused-ring (bicyclic) bond motifs is 1. The minimum Gasteiger partial charge on any atom is -0.496 e. The molecular weight excluding hydrogens is 549 g/mol. The average molecular weight is 580 g/mol. The number of rotatable bonds is 11. The highest BCUT2D eigenvalue weighted by Gasteiger charge is 2.17. The summed E-state index contributed by atoms with van der Waals surface area (Å²) in [5, 5.41) is 12.4. The van der Waals surface area contributed by atoms with Crippen LogP contribution in [0, 0.1) is 17.1 Å². The van der Waals surface area contributed by atoms with Crippen molar-refractivity contribution in [3.63, 3.8) is 0 Å². The Morgan fingerprint density at radius 2 is 1.84 bits per heavy atom. The molecule has 9 nitrogen and oxygen atoms in total. The van der Waals surface area contributed by atoms with Crippen molar-refractivity contribution in [3.8, 4) is 23.1 Å². The highest BCUT2D eigenvalue weighted by Crippen LogP contribution is 2.26. The molecule has 0 aliphatic heterocycles. The fourth-order valence-electron chi connectivity index (χ4n) is 4.84. The summed E-state index contributed by atoms with van der Waals surface area (Å²) in [5.74, 6) is 1.07. The maximum absolute atomic E-state index is 15.5. The number of nitrogens with zero attached hydrogens (tertiary/aromatic N) is 4. The van der Waals surface area contributed by atoms with E-state index < -0.39 is 5.97 Å². The van der Waals surface area contributed by atoms with E-state index in [1.807, 2.05) is 34.9 Å². The Kier molecular flexibility index (Phi) is 8.93. The number of aromatic nitrogens is 3. The molecular formula is C33H30FN5O4. The second-order valence-corrected chi connectivity index (χ2v) is 9.75. The molecule has 2 heterocycles. The topological polar surface area (TPSA) is 111 Å². The van der Waals surface area contributed by atoms with Crippen LogP contribution in [-0.2, 0) is 29.0 Å². The van der Waals surface area contributed by atoms with E-state index in [0.717, 1.165) is 11.1 Å². The lowest BCUT2D eigenvalue weighted by Crippen LogP contribution is -2.10. The number of methoxy groups -OCH3 is 3. The summed E-state index contributed by atoms with van der Waals surface area (Å²) in [6.45, 7) is 1.35. The molecule has 10 heteroatoms. The monoisotopic (exact) mass is 579 g/mol. The summed E-state index contributed by atoms with van der Waals surface area (Å²) in [4.78, 5) is 21.5. The van der Waals surface area contributed by atoms with Gasteiger partial charge in [-0.1, -0.05) is 24.3 Å². The van der Waals surface area contributed by atoms with E-state index >= 15 is 4.39 Å². The van der Waals surface area contributed by atoms with Crippen molar-refractivity contribution in [2.45, 2.75) is 19.5 Å². The number of carbonyl (C=O) groups excluding carboxylic acids is 1. The molecule has 0 unspecified atom stereocenters. The Bertz CT molecular complexity index is 1830. The first-order valence-electron chi connectivity index (χ1n) is 13.6. The van der Waals surface area contributed by atoms with Gasteiger partial charge in [0.15, 0.2) is 0 Å². The number of anilines is 1. The molecule has 2 aromatic heterocycles. The van der Waals surface area contributed by atoms with Crippen LogP contribution in [0.2, 0.25) is 0 Å². The van der Waals surface area contributed by atoms with Crippen LogP contribution in [-0.4, -0.2) is 48.4 Å². The minimum absolute atomic E-state index is 0.250. The molecule has 43 heavy (non-hydrogen) atoms. The van der Waals surface area contributed by atoms with Crippen LogP contribution in [0.1, 0.15) is 32.9 Å². The van der Waals surface area contributed by atoms with E-state index in [1.54, 1.807) is 50.6 Å². The van der Waals surface area contributed by atoms with Crippen molar-refractivity contribution < 1.29 is 23.4 Å². The van der Waals surface area contributed by atoms with Crippen LogP contribution in [0.3, 0.4) is 0 Å². The van der Waals surface area contributed by atoms with E-state index in [4.69, 9.17) is 24.5 Å². The zero-order valence-corrected chi connectivity index (χ0v) is 24.1. The minimum atomic E-state index is -0.438. The molecule has 3 aromatic carbocycles. The second-order valence-electron chi connectivity index (χ2n) is 9.75. The zero-order chi connectivity index (χ0) is 30.3. The van der Waals surface area contributed by atoms with E-state index in [0.29, 0.717) is 70.6 Å². The van der Waals surface area contributed by atoms with E-state index in [1.165, 1.54) is 13.2 Å². The first kappa shape index (κ1) is 29.2. The Morgan fingerprint density at radius 1 is 1.00 bits per heavy atom. The largest absolute Gasteiger partial charge is 0.496 e. The number of imidazole rings is 1. The van der Waals surface area contributed by atoms with Crippen LogP contribution in [0.25, 0.3) is 22.3 Å². The van der Waals surface area contributed by atoms with Gasteiger partial charge in [0.05, 0.1) is 54.7 Å². The van der Waals surface area contributed by atoms with Crippen molar-refractivity contribution in [3.05, 3.63) is 107 Å². The van der Waals surface area contributed by atoms with Gasteiger partial charge < -0.3 is 24.1 Å². The molecule has 0 radical (unpaired) electrons. The van der Waals surface area contributed by atoms with E-state index in [-0.39, 0.29) is 12.2 Å². The molecule has 0 aliphatic carbocycles. The molecule has 0 saturated heterocycles. The Balaban J connectivity index is 1.36. The number of hydrogen-bond donors (Lipinski definition) is 1. The number of nitriles is 1. The number of ether oxygens (including phenoxy) is 3. The normalized spacial score (nSPS) is 10.9. The molecule has 0 aliphatic rings. The van der Waals surface area contributed by atoms with Crippen LogP contribution < -0.4 is 10.1 Å². The molecule has 0 fully saturated rings. The molecule has 1 N–H and O–H groups in total. The molecule has 0 saturated carbocycles. The van der Waals surface area contributed by atoms with Gasteiger partial charge in [0.1, 0.15) is 23.2 Å². The van der Waals surface area contributed by atoms with Crippen LogP contribution in [0.4, 0.5) is 10.2 Å². The number of nitrogens with one attached hydrogen (secondary N) is 1. The van der Waals surface area contributed by atoms with Crippen LogP contribution >= 0.6 is 0 Å². The molecule has 5 rings (SSSR count). The molecule has 218 valence electrons. The summed E-state index contributed by atoms with van der Waals surface area (Å²) >= 11 is 0. The summed E-state index contributed by atoms with van der Waals surface area (Å²) < 4.78 is 33.0.